The summed E-state index contributed by atoms with van der Waals surface area (Å²) in [6.45, 7) is 4.02. The van der Waals surface area contributed by atoms with E-state index in [-0.39, 0.29) is 4.90 Å². The lowest BCUT2D eigenvalue weighted by atomic mass is 10.2. The molecule has 1 saturated heterocycles. The molecule has 2 rings (SSSR count). The van der Waals surface area contributed by atoms with Gasteiger partial charge in [0.15, 0.2) is 0 Å². The molecule has 1 aliphatic heterocycles. The Morgan fingerprint density at radius 3 is 2.72 bits per heavy atom. The van der Waals surface area contributed by atoms with Crippen LogP contribution < -0.4 is 15.8 Å². The second-order valence-corrected chi connectivity index (χ2v) is 7.50. The van der Waals surface area contributed by atoms with Crippen molar-refractivity contribution in [1.29, 1.82) is 0 Å². The number of benzene rings is 1. The summed E-state index contributed by atoms with van der Waals surface area (Å²) in [6.07, 6.45) is 0. The van der Waals surface area contributed by atoms with Gasteiger partial charge in [-0.25, -0.2) is 13.6 Å². The van der Waals surface area contributed by atoms with Crippen LogP contribution in [0.2, 0.25) is 0 Å². The topological polar surface area (TPSA) is 89.4 Å². The van der Waals surface area contributed by atoms with Crippen LogP contribution in [0.25, 0.3) is 0 Å². The molecular weight excluding hydrogens is 270 g/mol. The van der Waals surface area contributed by atoms with E-state index in [1.165, 1.54) is 12.1 Å². The van der Waals surface area contributed by atoms with Gasteiger partial charge in [0.2, 0.25) is 10.0 Å². The Kier molecular flexibility index (Phi) is 3.74. The van der Waals surface area contributed by atoms with Gasteiger partial charge in [-0.2, -0.15) is 11.8 Å². The molecule has 0 bridgehead atoms. The van der Waals surface area contributed by atoms with E-state index < -0.39 is 10.0 Å². The highest BCUT2D eigenvalue weighted by Gasteiger charge is 2.19. The lowest BCUT2D eigenvalue weighted by molar-refractivity contribution is 0.598. The smallest absolute Gasteiger partial charge is 0.238 e. The second kappa shape index (κ2) is 4.99. The molecule has 0 aliphatic carbocycles. The number of nitrogen functional groups attached to an aromatic ring is 1. The molecule has 18 heavy (non-hydrogen) atoms. The fourth-order valence-corrected chi connectivity index (χ4v) is 3.60. The third-order valence-electron chi connectivity index (χ3n) is 2.91. The number of thioether (sulfide) groups is 1. The molecule has 0 radical (unpaired) electrons. The summed E-state index contributed by atoms with van der Waals surface area (Å²) in [7, 11) is -3.69. The minimum atomic E-state index is -3.69. The van der Waals surface area contributed by atoms with E-state index in [2.05, 4.69) is 11.8 Å². The summed E-state index contributed by atoms with van der Waals surface area (Å²) in [6, 6.07) is 4.67. The number of anilines is 2. The van der Waals surface area contributed by atoms with Gasteiger partial charge >= 0.3 is 0 Å². The quantitative estimate of drug-likeness (QED) is 0.787. The molecule has 1 atom stereocenters. The molecule has 1 unspecified atom stereocenters. The van der Waals surface area contributed by atoms with Gasteiger partial charge in [-0.05, 0) is 18.2 Å². The first-order valence-electron chi connectivity index (χ1n) is 5.67. The monoisotopic (exact) mass is 287 g/mol. The summed E-state index contributed by atoms with van der Waals surface area (Å²) in [4.78, 5) is 2.24. The van der Waals surface area contributed by atoms with Crippen molar-refractivity contribution < 1.29 is 8.42 Å². The van der Waals surface area contributed by atoms with E-state index in [4.69, 9.17) is 10.9 Å². The highest BCUT2D eigenvalue weighted by Crippen LogP contribution is 2.29. The van der Waals surface area contributed by atoms with E-state index in [9.17, 15) is 8.42 Å². The fourth-order valence-electron chi connectivity index (χ4n) is 2.03. The van der Waals surface area contributed by atoms with Crippen molar-refractivity contribution in [2.24, 2.45) is 5.14 Å². The first kappa shape index (κ1) is 13.5. The Hall–Kier alpha value is -0.920. The molecule has 1 heterocycles. The summed E-state index contributed by atoms with van der Waals surface area (Å²) in [5.74, 6) is 1.05. The number of nitrogens with two attached hydrogens (primary N) is 2. The van der Waals surface area contributed by atoms with E-state index in [0.717, 1.165) is 24.5 Å². The summed E-state index contributed by atoms with van der Waals surface area (Å²) in [5, 5.41) is 5.63. The Balaban J connectivity index is 2.30. The molecule has 0 saturated carbocycles. The van der Waals surface area contributed by atoms with Gasteiger partial charge in [0.1, 0.15) is 0 Å². The predicted molar refractivity (Wildman–Crippen MR) is 76.4 cm³/mol. The Morgan fingerprint density at radius 1 is 1.44 bits per heavy atom. The van der Waals surface area contributed by atoms with Crippen LogP contribution >= 0.6 is 11.8 Å². The van der Waals surface area contributed by atoms with E-state index in [0.29, 0.717) is 10.9 Å². The molecule has 1 aliphatic rings. The standard InChI is InChI=1S/C11H17N3O2S2/c1-8-7-14(4-5-17-8)11-3-2-9(6-10(11)12)18(13,15)16/h2-3,6,8H,4-5,7,12H2,1H3,(H2,13,15,16). The maximum Gasteiger partial charge on any atom is 0.238 e. The zero-order valence-electron chi connectivity index (χ0n) is 10.2. The zero-order valence-corrected chi connectivity index (χ0v) is 11.8. The molecule has 100 valence electrons. The molecule has 7 heteroatoms. The van der Waals surface area contributed by atoms with Crippen molar-refractivity contribution in [3.05, 3.63) is 18.2 Å². The first-order chi connectivity index (χ1) is 8.38. The largest absolute Gasteiger partial charge is 0.397 e. The maximum atomic E-state index is 11.2. The third kappa shape index (κ3) is 2.90. The SMILES string of the molecule is CC1CN(c2ccc(S(N)(=O)=O)cc2N)CCS1. The lowest BCUT2D eigenvalue weighted by Crippen LogP contribution is -2.37. The molecular formula is C11H17N3O2S2. The fraction of sp³-hybridized carbons (Fsp3) is 0.455. The Bertz CT molecular complexity index is 545. The van der Waals surface area contributed by atoms with Crippen LogP contribution in [0.4, 0.5) is 11.4 Å². The normalized spacial score (nSPS) is 21.0. The van der Waals surface area contributed by atoms with Gasteiger partial charge in [0.05, 0.1) is 16.3 Å². The van der Waals surface area contributed by atoms with Gasteiger partial charge in [-0.15, -0.1) is 0 Å². The minimum Gasteiger partial charge on any atom is -0.397 e. The number of hydrogen-bond donors (Lipinski definition) is 2. The number of nitrogens with zero attached hydrogens (tertiary/aromatic N) is 1. The number of sulfonamides is 1. The number of hydrogen-bond acceptors (Lipinski definition) is 5. The van der Waals surface area contributed by atoms with E-state index >= 15 is 0 Å². The Labute approximate surface area is 112 Å². The lowest BCUT2D eigenvalue weighted by Gasteiger charge is -2.33. The van der Waals surface area contributed by atoms with Crippen LogP contribution in [0.1, 0.15) is 6.92 Å². The van der Waals surface area contributed by atoms with Crippen molar-refractivity contribution in [3.8, 4) is 0 Å². The highest BCUT2D eigenvalue weighted by molar-refractivity contribution is 8.00. The molecule has 0 spiro atoms. The number of rotatable bonds is 2. The summed E-state index contributed by atoms with van der Waals surface area (Å²) >= 11 is 1.93. The average Bonchev–Trinajstić information content (AvgIpc) is 2.27. The summed E-state index contributed by atoms with van der Waals surface area (Å²) in [5.41, 5.74) is 7.27. The molecule has 1 aromatic rings. The van der Waals surface area contributed by atoms with Crippen LogP contribution in [-0.4, -0.2) is 32.5 Å². The van der Waals surface area contributed by atoms with Crippen LogP contribution in [0.15, 0.2) is 23.1 Å². The van der Waals surface area contributed by atoms with E-state index in [1.54, 1.807) is 6.07 Å². The van der Waals surface area contributed by atoms with Crippen molar-refractivity contribution in [3.63, 3.8) is 0 Å². The molecule has 0 aromatic heterocycles. The van der Waals surface area contributed by atoms with Crippen LogP contribution in [0.3, 0.4) is 0 Å². The van der Waals surface area contributed by atoms with Crippen molar-refractivity contribution in [2.75, 3.05) is 29.5 Å². The minimum absolute atomic E-state index is 0.0585. The van der Waals surface area contributed by atoms with Gasteiger partial charge in [-0.1, -0.05) is 6.92 Å². The zero-order chi connectivity index (χ0) is 13.3. The third-order valence-corrected chi connectivity index (χ3v) is 4.96. The summed E-state index contributed by atoms with van der Waals surface area (Å²) < 4.78 is 22.5. The number of primary sulfonamides is 1. The second-order valence-electron chi connectivity index (χ2n) is 4.39. The van der Waals surface area contributed by atoms with Crippen molar-refractivity contribution >= 4 is 33.2 Å². The van der Waals surface area contributed by atoms with Crippen LogP contribution in [0, 0.1) is 0 Å². The van der Waals surface area contributed by atoms with Crippen molar-refractivity contribution in [1.82, 2.24) is 0 Å². The highest BCUT2D eigenvalue weighted by atomic mass is 32.2. The molecule has 0 amide bonds. The maximum absolute atomic E-state index is 11.2. The van der Waals surface area contributed by atoms with Gasteiger partial charge in [0.25, 0.3) is 0 Å². The molecule has 4 N–H and O–H groups in total. The molecule has 1 aromatic carbocycles. The van der Waals surface area contributed by atoms with Crippen LogP contribution in [0.5, 0.6) is 0 Å². The van der Waals surface area contributed by atoms with E-state index in [1.807, 2.05) is 11.8 Å². The molecule has 1 fully saturated rings. The van der Waals surface area contributed by atoms with Crippen LogP contribution in [-0.2, 0) is 10.0 Å². The first-order valence-corrected chi connectivity index (χ1v) is 8.26. The Morgan fingerprint density at radius 2 is 2.17 bits per heavy atom. The van der Waals surface area contributed by atoms with Gasteiger partial charge in [-0.3, -0.25) is 0 Å². The van der Waals surface area contributed by atoms with Gasteiger partial charge in [0, 0.05) is 24.1 Å². The van der Waals surface area contributed by atoms with Gasteiger partial charge < -0.3 is 10.6 Å². The van der Waals surface area contributed by atoms with Crippen molar-refractivity contribution in [2.45, 2.75) is 17.1 Å². The molecule has 5 nitrogen and oxygen atoms in total. The predicted octanol–water partition coefficient (Wildman–Crippen LogP) is 0.858. The average molecular weight is 287 g/mol.